The molecule has 0 radical (unpaired) electrons. The summed E-state index contributed by atoms with van der Waals surface area (Å²) in [6.07, 6.45) is 2.24. The van der Waals surface area contributed by atoms with Gasteiger partial charge < -0.3 is 10.6 Å². The van der Waals surface area contributed by atoms with Gasteiger partial charge in [-0.2, -0.15) is 5.10 Å². The highest BCUT2D eigenvalue weighted by atomic mass is 16.1. The summed E-state index contributed by atoms with van der Waals surface area (Å²) in [5.41, 5.74) is 3.16. The van der Waals surface area contributed by atoms with Gasteiger partial charge in [-0.15, -0.1) is 0 Å². The van der Waals surface area contributed by atoms with Gasteiger partial charge in [0.1, 0.15) is 0 Å². The molecule has 0 bridgehead atoms. The van der Waals surface area contributed by atoms with Gasteiger partial charge in [0.25, 0.3) is 0 Å². The molecule has 3 N–H and O–H groups in total. The van der Waals surface area contributed by atoms with Gasteiger partial charge in [0.05, 0.1) is 5.69 Å². The maximum atomic E-state index is 11.7. The summed E-state index contributed by atoms with van der Waals surface area (Å²) in [7, 11) is 0. The molecule has 1 aromatic carbocycles. The van der Waals surface area contributed by atoms with Crippen molar-refractivity contribution in [3.63, 3.8) is 0 Å². The summed E-state index contributed by atoms with van der Waals surface area (Å²) in [5.74, 6) is 0.0702. The lowest BCUT2D eigenvalue weighted by Gasteiger charge is -2.09. The molecule has 1 amide bonds. The van der Waals surface area contributed by atoms with Gasteiger partial charge in [0.2, 0.25) is 5.91 Å². The second kappa shape index (κ2) is 7.59. The normalized spacial score (nSPS) is 10.8. The van der Waals surface area contributed by atoms with E-state index in [1.165, 1.54) is 0 Å². The van der Waals surface area contributed by atoms with Crippen molar-refractivity contribution in [3.8, 4) is 11.3 Å². The molecule has 2 rings (SSSR count). The van der Waals surface area contributed by atoms with Gasteiger partial charge >= 0.3 is 0 Å². The van der Waals surface area contributed by atoms with Crippen molar-refractivity contribution in [2.45, 2.75) is 32.9 Å². The quantitative estimate of drug-likeness (QED) is 0.730. The van der Waals surface area contributed by atoms with Crippen LogP contribution >= 0.6 is 0 Å². The average molecular weight is 286 g/mol. The van der Waals surface area contributed by atoms with Crippen LogP contribution in [0.25, 0.3) is 11.3 Å². The molecule has 0 aliphatic heterocycles. The van der Waals surface area contributed by atoms with E-state index in [0.717, 1.165) is 16.8 Å². The fraction of sp³-hybridized carbons (Fsp3) is 0.375. The molecule has 0 atom stereocenters. The Kier molecular flexibility index (Phi) is 5.51. The van der Waals surface area contributed by atoms with Gasteiger partial charge in [-0.05, 0) is 17.2 Å². The molecule has 21 heavy (non-hydrogen) atoms. The molecule has 0 aliphatic carbocycles. The lowest BCUT2D eigenvalue weighted by atomic mass is 10.1. The van der Waals surface area contributed by atoms with Gasteiger partial charge in [-0.1, -0.05) is 38.1 Å². The number of hydrogen-bond acceptors (Lipinski definition) is 3. The van der Waals surface area contributed by atoms with E-state index >= 15 is 0 Å². The highest BCUT2D eigenvalue weighted by molar-refractivity contribution is 5.76. The fourth-order valence-corrected chi connectivity index (χ4v) is 1.98. The first-order valence-corrected chi connectivity index (χ1v) is 7.24. The van der Waals surface area contributed by atoms with Crippen LogP contribution in [-0.2, 0) is 11.3 Å². The number of benzene rings is 1. The van der Waals surface area contributed by atoms with Crippen molar-refractivity contribution in [2.24, 2.45) is 0 Å². The number of carbonyl (C=O) groups is 1. The van der Waals surface area contributed by atoms with E-state index in [4.69, 9.17) is 0 Å². The standard InChI is InChI=1S/C16H22N4O/c1-12(2)17-9-8-16(21)18-11-13-3-5-14(6-4-13)15-7-10-19-20-15/h3-7,10,12,17H,8-9,11H2,1-2H3,(H,18,21)(H,19,20). The van der Waals surface area contributed by atoms with Crippen LogP contribution in [0.3, 0.4) is 0 Å². The molecular formula is C16H22N4O. The summed E-state index contributed by atoms with van der Waals surface area (Å²) in [6.45, 7) is 5.41. The number of aromatic amines is 1. The third kappa shape index (κ3) is 5.04. The number of nitrogens with zero attached hydrogens (tertiary/aromatic N) is 1. The van der Waals surface area contributed by atoms with E-state index in [9.17, 15) is 4.79 Å². The van der Waals surface area contributed by atoms with Crippen molar-refractivity contribution in [1.82, 2.24) is 20.8 Å². The van der Waals surface area contributed by atoms with Gasteiger partial charge in [-0.25, -0.2) is 0 Å². The van der Waals surface area contributed by atoms with E-state index in [-0.39, 0.29) is 5.91 Å². The van der Waals surface area contributed by atoms with E-state index < -0.39 is 0 Å². The maximum Gasteiger partial charge on any atom is 0.221 e. The van der Waals surface area contributed by atoms with Gasteiger partial charge in [0.15, 0.2) is 0 Å². The highest BCUT2D eigenvalue weighted by Crippen LogP contribution is 2.16. The minimum absolute atomic E-state index is 0.0702. The van der Waals surface area contributed by atoms with Crippen molar-refractivity contribution in [1.29, 1.82) is 0 Å². The summed E-state index contributed by atoms with van der Waals surface area (Å²) in [4.78, 5) is 11.7. The van der Waals surface area contributed by atoms with Crippen LogP contribution in [-0.4, -0.2) is 28.7 Å². The largest absolute Gasteiger partial charge is 0.352 e. The Balaban J connectivity index is 1.77. The van der Waals surface area contributed by atoms with Crippen molar-refractivity contribution >= 4 is 5.91 Å². The topological polar surface area (TPSA) is 69.8 Å². The number of amides is 1. The fourth-order valence-electron chi connectivity index (χ4n) is 1.98. The minimum atomic E-state index is 0.0702. The molecule has 0 unspecified atom stereocenters. The molecule has 5 nitrogen and oxygen atoms in total. The molecule has 2 aromatic rings. The van der Waals surface area contributed by atoms with Crippen LogP contribution in [0.4, 0.5) is 0 Å². The Hall–Kier alpha value is -2.14. The zero-order valence-corrected chi connectivity index (χ0v) is 12.5. The summed E-state index contributed by atoms with van der Waals surface area (Å²) < 4.78 is 0. The number of hydrogen-bond donors (Lipinski definition) is 3. The maximum absolute atomic E-state index is 11.7. The second-order valence-electron chi connectivity index (χ2n) is 5.30. The molecule has 0 fully saturated rings. The van der Waals surface area contributed by atoms with Crippen LogP contribution in [0.15, 0.2) is 36.5 Å². The molecule has 0 saturated carbocycles. The predicted molar refractivity (Wildman–Crippen MR) is 83.6 cm³/mol. The first-order valence-electron chi connectivity index (χ1n) is 7.24. The van der Waals surface area contributed by atoms with Crippen molar-refractivity contribution in [3.05, 3.63) is 42.1 Å². The minimum Gasteiger partial charge on any atom is -0.352 e. The Morgan fingerprint density at radius 1 is 1.24 bits per heavy atom. The van der Waals surface area contributed by atoms with Crippen molar-refractivity contribution < 1.29 is 4.79 Å². The van der Waals surface area contributed by atoms with Crippen LogP contribution in [0, 0.1) is 0 Å². The third-order valence-electron chi connectivity index (χ3n) is 3.16. The summed E-state index contributed by atoms with van der Waals surface area (Å²) in [6, 6.07) is 10.4. The van der Waals surface area contributed by atoms with Crippen LogP contribution in [0.2, 0.25) is 0 Å². The molecule has 5 heteroatoms. The number of rotatable bonds is 7. The molecule has 1 heterocycles. The first-order chi connectivity index (χ1) is 10.1. The van der Waals surface area contributed by atoms with E-state index in [2.05, 4.69) is 34.7 Å². The van der Waals surface area contributed by atoms with Crippen molar-refractivity contribution in [2.75, 3.05) is 6.54 Å². The van der Waals surface area contributed by atoms with Crippen LogP contribution in [0.5, 0.6) is 0 Å². The van der Waals surface area contributed by atoms with E-state index in [1.807, 2.05) is 30.3 Å². The lowest BCUT2D eigenvalue weighted by molar-refractivity contribution is -0.121. The number of carbonyl (C=O) groups excluding carboxylic acids is 1. The third-order valence-corrected chi connectivity index (χ3v) is 3.16. The molecular weight excluding hydrogens is 264 g/mol. The van der Waals surface area contributed by atoms with Gasteiger partial charge in [-0.3, -0.25) is 9.89 Å². The summed E-state index contributed by atoms with van der Waals surface area (Å²) in [5, 5.41) is 13.0. The number of aromatic nitrogens is 2. The zero-order chi connectivity index (χ0) is 15.1. The highest BCUT2D eigenvalue weighted by Gasteiger charge is 2.03. The SMILES string of the molecule is CC(C)NCCC(=O)NCc1ccc(-c2ccn[nH]2)cc1. The Bertz CT molecular complexity index is 546. The monoisotopic (exact) mass is 286 g/mol. The molecule has 0 aliphatic rings. The Morgan fingerprint density at radius 3 is 2.62 bits per heavy atom. The van der Waals surface area contributed by atoms with Crippen LogP contribution in [0.1, 0.15) is 25.8 Å². The number of H-pyrrole nitrogens is 1. The van der Waals surface area contributed by atoms with E-state index in [1.54, 1.807) is 6.20 Å². The lowest BCUT2D eigenvalue weighted by Crippen LogP contribution is -2.30. The molecule has 112 valence electrons. The second-order valence-corrected chi connectivity index (χ2v) is 5.30. The summed E-state index contributed by atoms with van der Waals surface area (Å²) >= 11 is 0. The Morgan fingerprint density at radius 2 is 2.00 bits per heavy atom. The Labute approximate surface area is 125 Å². The smallest absolute Gasteiger partial charge is 0.221 e. The molecule has 0 spiro atoms. The molecule has 1 aromatic heterocycles. The first kappa shape index (κ1) is 15.3. The zero-order valence-electron chi connectivity index (χ0n) is 12.5. The number of nitrogens with one attached hydrogen (secondary N) is 3. The van der Waals surface area contributed by atoms with Gasteiger partial charge in [0, 0.05) is 31.7 Å². The van der Waals surface area contributed by atoms with Crippen LogP contribution < -0.4 is 10.6 Å². The molecule has 0 saturated heterocycles. The predicted octanol–water partition coefficient (Wildman–Crippen LogP) is 2.08. The average Bonchev–Trinajstić information content (AvgIpc) is 2.99. The van der Waals surface area contributed by atoms with E-state index in [0.29, 0.717) is 25.6 Å².